The van der Waals surface area contributed by atoms with Gasteiger partial charge in [-0.1, -0.05) is 188 Å². The van der Waals surface area contributed by atoms with Crippen molar-refractivity contribution in [3.05, 3.63) is 234 Å². The van der Waals surface area contributed by atoms with E-state index in [9.17, 15) is 0 Å². The number of hydrogen-bond donors (Lipinski definition) is 0. The Balaban J connectivity index is 0.999. The van der Waals surface area contributed by atoms with Crippen LogP contribution in [0.25, 0.3) is 67.0 Å². The monoisotopic (exact) mass is 743 g/mol. The number of pyridine rings is 1. The molecule has 1 spiro atoms. The molecule has 11 rings (SSSR count). The second-order valence-corrected chi connectivity index (χ2v) is 16.1. The fourth-order valence-electron chi connectivity index (χ4n) is 9.33. The topological polar surface area (TPSA) is 12.9 Å². The number of aromatic nitrogens is 1. The molecule has 1 aliphatic carbocycles. The van der Waals surface area contributed by atoms with Gasteiger partial charge in [-0.15, -0.1) is 0 Å². The fraction of sp³-hybridized carbons (Fsp3) is 0.0364. The lowest BCUT2D eigenvalue weighted by Crippen LogP contribution is -2.32. The second kappa shape index (κ2) is 13.5. The summed E-state index contributed by atoms with van der Waals surface area (Å²) in [5, 5.41) is 0. The SMILES string of the molecule is Cc1c(-c2ccc(-c3ccc4c(c3)C3(c5ccccc5S4)c4ccccc4-c4ccccc43)cc2)cccc1-c1cc(-c2ccccc2)cc(-c2ccccc2)n1. The van der Waals surface area contributed by atoms with Crippen LogP contribution in [0.2, 0.25) is 0 Å². The van der Waals surface area contributed by atoms with Crippen molar-refractivity contribution in [1.29, 1.82) is 0 Å². The molecule has 0 unspecified atom stereocenters. The Morgan fingerprint density at radius 2 is 0.842 bits per heavy atom. The lowest BCUT2D eigenvalue weighted by Gasteiger charge is -2.40. The highest BCUT2D eigenvalue weighted by molar-refractivity contribution is 7.99. The molecule has 57 heavy (non-hydrogen) atoms. The van der Waals surface area contributed by atoms with Gasteiger partial charge < -0.3 is 0 Å². The molecule has 0 bridgehead atoms. The highest BCUT2D eigenvalue weighted by Crippen LogP contribution is 2.62. The Morgan fingerprint density at radius 3 is 1.56 bits per heavy atom. The summed E-state index contributed by atoms with van der Waals surface area (Å²) in [7, 11) is 0. The zero-order chi connectivity index (χ0) is 37.9. The van der Waals surface area contributed by atoms with E-state index in [0.717, 1.165) is 28.1 Å². The largest absolute Gasteiger partial charge is 0.248 e. The van der Waals surface area contributed by atoms with Gasteiger partial charge in [-0.3, -0.25) is 0 Å². The van der Waals surface area contributed by atoms with Crippen molar-refractivity contribution in [3.8, 4) is 67.0 Å². The summed E-state index contributed by atoms with van der Waals surface area (Å²) in [6.45, 7) is 2.23. The molecule has 1 aliphatic heterocycles. The number of hydrogen-bond acceptors (Lipinski definition) is 2. The Bertz CT molecular complexity index is 2880. The van der Waals surface area contributed by atoms with E-state index in [2.05, 4.69) is 213 Å². The summed E-state index contributed by atoms with van der Waals surface area (Å²) in [5.41, 5.74) is 20.3. The van der Waals surface area contributed by atoms with Gasteiger partial charge in [-0.2, -0.15) is 0 Å². The summed E-state index contributed by atoms with van der Waals surface area (Å²) in [5.74, 6) is 0. The van der Waals surface area contributed by atoms with Crippen molar-refractivity contribution in [1.82, 2.24) is 4.98 Å². The smallest absolute Gasteiger partial charge is 0.0735 e. The van der Waals surface area contributed by atoms with Crippen molar-refractivity contribution in [3.63, 3.8) is 0 Å². The van der Waals surface area contributed by atoms with Crippen molar-refractivity contribution in [2.45, 2.75) is 22.1 Å². The molecule has 0 amide bonds. The molecule has 0 atom stereocenters. The van der Waals surface area contributed by atoms with E-state index in [0.29, 0.717) is 0 Å². The maximum atomic E-state index is 5.25. The summed E-state index contributed by atoms with van der Waals surface area (Å²) in [6.07, 6.45) is 0. The fourth-order valence-corrected chi connectivity index (χ4v) is 10.5. The molecule has 268 valence electrons. The average molecular weight is 744 g/mol. The molecular formula is C55H37NS. The molecule has 0 saturated carbocycles. The van der Waals surface area contributed by atoms with Crippen LogP contribution in [0.15, 0.2) is 216 Å². The molecule has 8 aromatic carbocycles. The van der Waals surface area contributed by atoms with Crippen LogP contribution in [0.1, 0.15) is 27.8 Å². The average Bonchev–Trinajstić information content (AvgIpc) is 3.57. The minimum Gasteiger partial charge on any atom is -0.248 e. The van der Waals surface area contributed by atoms with Gasteiger partial charge in [0.1, 0.15) is 0 Å². The van der Waals surface area contributed by atoms with Crippen LogP contribution < -0.4 is 0 Å². The summed E-state index contributed by atoms with van der Waals surface area (Å²) < 4.78 is 0. The molecule has 0 radical (unpaired) electrons. The highest BCUT2D eigenvalue weighted by Gasteiger charge is 2.50. The molecular weight excluding hydrogens is 707 g/mol. The van der Waals surface area contributed by atoms with Crippen LogP contribution in [-0.2, 0) is 5.41 Å². The van der Waals surface area contributed by atoms with Crippen molar-refractivity contribution in [2.24, 2.45) is 0 Å². The first-order valence-electron chi connectivity index (χ1n) is 19.6. The molecule has 2 heteroatoms. The number of benzene rings is 8. The normalized spacial score (nSPS) is 13.1. The van der Waals surface area contributed by atoms with Crippen LogP contribution in [-0.4, -0.2) is 4.98 Å². The van der Waals surface area contributed by atoms with Crippen LogP contribution in [0.5, 0.6) is 0 Å². The van der Waals surface area contributed by atoms with Crippen molar-refractivity contribution in [2.75, 3.05) is 0 Å². The number of fused-ring (bicyclic) bond motifs is 9. The van der Waals surface area contributed by atoms with Crippen LogP contribution >= 0.6 is 11.8 Å². The first kappa shape index (κ1) is 33.6. The van der Waals surface area contributed by atoms with E-state index in [1.165, 1.54) is 76.6 Å². The van der Waals surface area contributed by atoms with E-state index in [-0.39, 0.29) is 5.41 Å². The predicted molar refractivity (Wildman–Crippen MR) is 238 cm³/mol. The Hall–Kier alpha value is -6.74. The Kier molecular flexibility index (Phi) is 7.94. The van der Waals surface area contributed by atoms with Gasteiger partial charge in [0.15, 0.2) is 0 Å². The number of rotatable bonds is 5. The second-order valence-electron chi connectivity index (χ2n) is 15.1. The van der Waals surface area contributed by atoms with E-state index >= 15 is 0 Å². The van der Waals surface area contributed by atoms with Crippen molar-refractivity contribution >= 4 is 11.8 Å². The van der Waals surface area contributed by atoms with Gasteiger partial charge in [0.05, 0.1) is 16.8 Å². The zero-order valence-electron chi connectivity index (χ0n) is 31.5. The van der Waals surface area contributed by atoms with Gasteiger partial charge in [-0.25, -0.2) is 4.98 Å². The highest BCUT2D eigenvalue weighted by atomic mass is 32.2. The predicted octanol–water partition coefficient (Wildman–Crippen LogP) is 14.6. The Labute approximate surface area is 338 Å². The summed E-state index contributed by atoms with van der Waals surface area (Å²) in [6, 6.07) is 75.4. The van der Waals surface area contributed by atoms with E-state index in [1.807, 2.05) is 11.8 Å². The third-order valence-electron chi connectivity index (χ3n) is 12.0. The van der Waals surface area contributed by atoms with Gasteiger partial charge in [0, 0.05) is 20.9 Å². The molecule has 0 fully saturated rings. The van der Waals surface area contributed by atoms with Gasteiger partial charge in [0.25, 0.3) is 0 Å². The first-order chi connectivity index (χ1) is 28.2. The minimum atomic E-state index is -0.385. The molecule has 2 aliphatic rings. The molecule has 1 nitrogen and oxygen atoms in total. The van der Waals surface area contributed by atoms with E-state index < -0.39 is 0 Å². The molecule has 2 heterocycles. The summed E-state index contributed by atoms with van der Waals surface area (Å²) in [4.78, 5) is 7.89. The van der Waals surface area contributed by atoms with Crippen molar-refractivity contribution < 1.29 is 0 Å². The minimum absolute atomic E-state index is 0.385. The van der Waals surface area contributed by atoms with E-state index in [4.69, 9.17) is 4.98 Å². The third kappa shape index (κ3) is 5.36. The van der Waals surface area contributed by atoms with Crippen LogP contribution in [0.3, 0.4) is 0 Å². The molecule has 0 N–H and O–H groups in total. The van der Waals surface area contributed by atoms with Crippen LogP contribution in [0.4, 0.5) is 0 Å². The third-order valence-corrected chi connectivity index (χ3v) is 13.1. The quantitative estimate of drug-likeness (QED) is 0.174. The van der Waals surface area contributed by atoms with Gasteiger partial charge >= 0.3 is 0 Å². The van der Waals surface area contributed by atoms with Gasteiger partial charge in [-0.05, 0) is 110 Å². The lowest BCUT2D eigenvalue weighted by molar-refractivity contribution is 0.723. The summed E-state index contributed by atoms with van der Waals surface area (Å²) >= 11 is 1.89. The number of nitrogens with zero attached hydrogens (tertiary/aromatic N) is 1. The maximum absolute atomic E-state index is 5.25. The molecule has 0 saturated heterocycles. The van der Waals surface area contributed by atoms with Gasteiger partial charge in [0.2, 0.25) is 0 Å². The zero-order valence-corrected chi connectivity index (χ0v) is 32.3. The first-order valence-corrected chi connectivity index (χ1v) is 20.4. The standard InChI is InChI=1S/C55H37NS/c1-36-43(21-14-22-44(36)52-35-42(37-15-4-2-5-16-37)34-51(56-52)40-17-6-3-7-18-40)39-29-27-38(28-30-39)41-31-32-54-50(33-41)55(49-25-12-13-26-53(49)57-54)47-23-10-8-19-45(47)46-20-9-11-24-48(46)55/h2-35H,1H3. The molecule has 9 aromatic rings. The maximum Gasteiger partial charge on any atom is 0.0735 e. The lowest BCUT2D eigenvalue weighted by atomic mass is 9.67. The molecule has 1 aromatic heterocycles. The van der Waals surface area contributed by atoms with Crippen LogP contribution in [0, 0.1) is 6.92 Å². The van der Waals surface area contributed by atoms with E-state index in [1.54, 1.807) is 0 Å². The Morgan fingerprint density at radius 1 is 0.333 bits per heavy atom.